The van der Waals surface area contributed by atoms with Crippen LogP contribution in [-0.2, 0) is 24.2 Å². The molecule has 0 saturated heterocycles. The zero-order valence-electron chi connectivity index (χ0n) is 13.5. The highest BCUT2D eigenvalue weighted by Crippen LogP contribution is 2.45. The molecule has 0 radical (unpaired) electrons. The molecule has 0 amide bonds. The second kappa shape index (κ2) is 6.02. The van der Waals surface area contributed by atoms with Gasteiger partial charge in [-0.05, 0) is 30.2 Å². The van der Waals surface area contributed by atoms with E-state index in [-0.39, 0.29) is 5.41 Å². The monoisotopic (exact) mass is 332 g/mol. The molecule has 2 aromatic rings. The summed E-state index contributed by atoms with van der Waals surface area (Å²) in [6, 6.07) is 0. The third-order valence-corrected chi connectivity index (χ3v) is 5.56. The lowest BCUT2D eigenvalue weighted by atomic mass is 9.76. The molecule has 3 rings (SSSR count). The van der Waals surface area contributed by atoms with Gasteiger partial charge in [0.25, 0.3) is 0 Å². The molecule has 2 heterocycles. The Balaban J connectivity index is 2.18. The maximum absolute atomic E-state index is 11.9. The van der Waals surface area contributed by atoms with Gasteiger partial charge in [-0.25, -0.2) is 4.79 Å². The van der Waals surface area contributed by atoms with Gasteiger partial charge < -0.3 is 9.84 Å². The number of aryl methyl sites for hydroxylation is 1. The largest absolute Gasteiger partial charge is 0.478 e. The zero-order valence-corrected chi connectivity index (χ0v) is 14.4. The fourth-order valence-corrected chi connectivity index (χ4v) is 4.44. The molecular weight excluding hydrogens is 312 g/mol. The van der Waals surface area contributed by atoms with E-state index in [9.17, 15) is 9.90 Å². The lowest BCUT2D eigenvalue weighted by Gasteiger charge is -2.29. The maximum atomic E-state index is 11.9. The minimum absolute atomic E-state index is 0.132. The lowest BCUT2D eigenvalue weighted by Crippen LogP contribution is -2.22. The number of thiophene rings is 1. The zero-order chi connectivity index (χ0) is 16.6. The third kappa shape index (κ3) is 3.01. The number of carboxylic acids is 1. The number of carbonyl (C=O) groups is 1. The molecule has 0 spiro atoms. The van der Waals surface area contributed by atoms with Crippen molar-refractivity contribution in [2.75, 3.05) is 7.11 Å². The number of aromatic carboxylic acids is 1. The van der Waals surface area contributed by atoms with Gasteiger partial charge in [0.1, 0.15) is 5.69 Å². The predicted molar refractivity (Wildman–Crippen MR) is 88.8 cm³/mol. The molecule has 2 aromatic heterocycles. The van der Waals surface area contributed by atoms with E-state index >= 15 is 0 Å². The van der Waals surface area contributed by atoms with Crippen LogP contribution in [0.5, 0.6) is 0 Å². The number of nitrogens with zero attached hydrogens (tertiary/aromatic N) is 2. The first-order chi connectivity index (χ1) is 10.9. The van der Waals surface area contributed by atoms with E-state index in [0.717, 1.165) is 24.8 Å². The molecule has 0 fully saturated rings. The summed E-state index contributed by atoms with van der Waals surface area (Å²) in [6.45, 7) is 4.70. The van der Waals surface area contributed by atoms with Crippen molar-refractivity contribution < 1.29 is 14.6 Å². The van der Waals surface area contributed by atoms with Crippen molar-refractivity contribution in [3.05, 3.63) is 34.1 Å². The Morgan fingerprint density at radius 2 is 2.13 bits per heavy atom. The van der Waals surface area contributed by atoms with Crippen LogP contribution in [0.2, 0.25) is 0 Å². The lowest BCUT2D eigenvalue weighted by molar-refractivity contribution is 0.0696. The molecule has 0 aromatic carbocycles. The number of methoxy groups -OCH3 is 1. The van der Waals surface area contributed by atoms with E-state index in [4.69, 9.17) is 4.74 Å². The highest BCUT2D eigenvalue weighted by Gasteiger charge is 2.33. The summed E-state index contributed by atoms with van der Waals surface area (Å²) >= 11 is 1.55. The third-order valence-electron chi connectivity index (χ3n) is 4.26. The highest BCUT2D eigenvalue weighted by atomic mass is 32.1. The minimum atomic E-state index is -0.885. The molecule has 0 unspecified atom stereocenters. The summed E-state index contributed by atoms with van der Waals surface area (Å²) in [5.74, 6) is -0.885. The topological polar surface area (TPSA) is 72.3 Å². The van der Waals surface area contributed by atoms with Crippen molar-refractivity contribution in [1.29, 1.82) is 0 Å². The maximum Gasteiger partial charge on any atom is 0.337 e. The number of hydrogen-bond donors (Lipinski definition) is 1. The van der Waals surface area contributed by atoms with Crippen LogP contribution in [-0.4, -0.2) is 28.2 Å². The van der Waals surface area contributed by atoms with Gasteiger partial charge in [-0.3, -0.25) is 9.97 Å². The van der Waals surface area contributed by atoms with Crippen molar-refractivity contribution in [1.82, 2.24) is 9.97 Å². The average Bonchev–Trinajstić information content (AvgIpc) is 2.85. The highest BCUT2D eigenvalue weighted by molar-refractivity contribution is 7.16. The van der Waals surface area contributed by atoms with Gasteiger partial charge in [-0.2, -0.15) is 0 Å². The average molecular weight is 332 g/mol. The predicted octanol–water partition coefficient (Wildman–Crippen LogP) is 3.56. The van der Waals surface area contributed by atoms with Crippen LogP contribution in [0.4, 0.5) is 0 Å². The van der Waals surface area contributed by atoms with Crippen molar-refractivity contribution in [3.63, 3.8) is 0 Å². The molecule has 0 atom stereocenters. The van der Waals surface area contributed by atoms with E-state index in [1.165, 1.54) is 4.88 Å². The molecule has 0 saturated carbocycles. The Morgan fingerprint density at radius 1 is 1.39 bits per heavy atom. The van der Waals surface area contributed by atoms with Gasteiger partial charge in [-0.15, -0.1) is 11.3 Å². The first-order valence-electron chi connectivity index (χ1n) is 7.60. The second-order valence-corrected chi connectivity index (χ2v) is 7.74. The van der Waals surface area contributed by atoms with Crippen molar-refractivity contribution >= 4 is 17.3 Å². The molecule has 0 bridgehead atoms. The number of carboxylic acid groups (broad SMARTS) is 1. The second-order valence-electron chi connectivity index (χ2n) is 6.64. The summed E-state index contributed by atoms with van der Waals surface area (Å²) in [7, 11) is 1.60. The van der Waals surface area contributed by atoms with E-state index in [1.54, 1.807) is 30.8 Å². The Hall–Kier alpha value is -1.79. The van der Waals surface area contributed by atoms with Gasteiger partial charge in [0, 0.05) is 24.4 Å². The van der Waals surface area contributed by atoms with Crippen LogP contribution in [0.1, 0.15) is 46.8 Å². The molecule has 5 nitrogen and oxygen atoms in total. The Labute approximate surface area is 139 Å². The number of fused-ring (bicyclic) bond motifs is 1. The first-order valence-corrected chi connectivity index (χ1v) is 8.41. The van der Waals surface area contributed by atoms with Crippen molar-refractivity contribution in [3.8, 4) is 10.6 Å². The number of rotatable bonds is 4. The fourth-order valence-electron chi connectivity index (χ4n) is 3.11. The summed E-state index contributed by atoms with van der Waals surface area (Å²) < 4.78 is 5.18. The summed E-state index contributed by atoms with van der Waals surface area (Å²) in [5.41, 5.74) is 2.81. The van der Waals surface area contributed by atoms with Crippen LogP contribution in [0, 0.1) is 5.41 Å². The van der Waals surface area contributed by atoms with Gasteiger partial charge in [0.2, 0.25) is 0 Å². The molecule has 122 valence electrons. The van der Waals surface area contributed by atoms with Gasteiger partial charge in [0.15, 0.2) is 0 Å². The SMILES string of the molecule is COCc1nccnc1-c1sc2c(c1C(=O)O)CC(C)(C)CC2. The molecule has 1 N–H and O–H groups in total. The van der Waals surface area contributed by atoms with E-state index in [2.05, 4.69) is 23.8 Å². The minimum Gasteiger partial charge on any atom is -0.478 e. The molecule has 6 heteroatoms. The first kappa shape index (κ1) is 16.1. The van der Waals surface area contributed by atoms with Crippen LogP contribution < -0.4 is 0 Å². The number of aromatic nitrogens is 2. The molecule has 1 aliphatic rings. The fraction of sp³-hybridized carbons (Fsp3) is 0.471. The summed E-state index contributed by atoms with van der Waals surface area (Å²) in [4.78, 5) is 22.5. The Bertz CT molecular complexity index is 752. The van der Waals surface area contributed by atoms with E-state index in [1.807, 2.05) is 0 Å². The van der Waals surface area contributed by atoms with Crippen LogP contribution in [0.15, 0.2) is 12.4 Å². The number of ether oxygens (including phenoxy) is 1. The van der Waals surface area contributed by atoms with Gasteiger partial charge in [0.05, 0.1) is 22.7 Å². The van der Waals surface area contributed by atoms with E-state index in [0.29, 0.717) is 28.4 Å². The van der Waals surface area contributed by atoms with Gasteiger partial charge in [-0.1, -0.05) is 13.8 Å². The normalized spacial score (nSPS) is 16.1. The molecular formula is C17H20N2O3S. The molecule has 1 aliphatic carbocycles. The van der Waals surface area contributed by atoms with Crippen LogP contribution >= 0.6 is 11.3 Å². The van der Waals surface area contributed by atoms with Crippen molar-refractivity contribution in [2.45, 2.75) is 39.7 Å². The molecule has 0 aliphatic heterocycles. The van der Waals surface area contributed by atoms with Crippen LogP contribution in [0.25, 0.3) is 10.6 Å². The Kier molecular flexibility index (Phi) is 4.21. The van der Waals surface area contributed by atoms with Gasteiger partial charge >= 0.3 is 5.97 Å². The van der Waals surface area contributed by atoms with Crippen LogP contribution in [0.3, 0.4) is 0 Å². The summed E-state index contributed by atoms with van der Waals surface area (Å²) in [5, 5.41) is 9.79. The standard InChI is InChI=1S/C17H20N2O3S/c1-17(2)5-4-12-10(8-17)13(16(20)21)15(23-12)14-11(9-22-3)18-6-7-19-14/h6-7H,4-5,8-9H2,1-3H3,(H,20,21). The summed E-state index contributed by atoms with van der Waals surface area (Å²) in [6.07, 6.45) is 6.00. The quantitative estimate of drug-likeness (QED) is 0.927. The smallest absolute Gasteiger partial charge is 0.337 e. The Morgan fingerprint density at radius 3 is 2.83 bits per heavy atom. The molecule has 23 heavy (non-hydrogen) atoms. The van der Waals surface area contributed by atoms with E-state index < -0.39 is 5.97 Å². The number of hydrogen-bond acceptors (Lipinski definition) is 5. The van der Waals surface area contributed by atoms with Crippen molar-refractivity contribution in [2.24, 2.45) is 5.41 Å².